The first-order valence-electron chi connectivity index (χ1n) is 6.73. The fourth-order valence-corrected chi connectivity index (χ4v) is 2.35. The molecule has 23 heavy (non-hydrogen) atoms. The number of para-hydroxylation sites is 1. The van der Waals surface area contributed by atoms with Crippen LogP contribution in [0.4, 0.5) is 13.2 Å². The van der Waals surface area contributed by atoms with Gasteiger partial charge in [-0.2, -0.15) is 23.5 Å². The van der Waals surface area contributed by atoms with Gasteiger partial charge in [0.25, 0.3) is 0 Å². The van der Waals surface area contributed by atoms with E-state index < -0.39 is 11.9 Å². The Kier molecular flexibility index (Phi) is 3.62. The number of hydrogen-bond acceptors (Lipinski definition) is 2. The first-order chi connectivity index (χ1) is 11.0. The lowest BCUT2D eigenvalue weighted by Crippen LogP contribution is -2.08. The number of hydrogen-bond donors (Lipinski definition) is 0. The molecule has 3 rings (SSSR count). The van der Waals surface area contributed by atoms with Crippen molar-refractivity contribution in [3.63, 3.8) is 0 Å². The van der Waals surface area contributed by atoms with Gasteiger partial charge in [0.2, 0.25) is 0 Å². The molecular weight excluding hydrogens is 303 g/mol. The van der Waals surface area contributed by atoms with Gasteiger partial charge in [-0.3, -0.25) is 0 Å². The quantitative estimate of drug-likeness (QED) is 0.702. The lowest BCUT2D eigenvalue weighted by molar-refractivity contribution is -0.140. The molecule has 0 bridgehead atoms. The van der Waals surface area contributed by atoms with Crippen LogP contribution in [0, 0.1) is 11.3 Å². The predicted molar refractivity (Wildman–Crippen MR) is 78.7 cm³/mol. The van der Waals surface area contributed by atoms with Crippen LogP contribution in [0.1, 0.15) is 11.4 Å². The van der Waals surface area contributed by atoms with Gasteiger partial charge < -0.3 is 0 Å². The van der Waals surface area contributed by atoms with E-state index in [1.807, 2.05) is 6.07 Å². The van der Waals surface area contributed by atoms with E-state index in [1.54, 1.807) is 48.5 Å². The van der Waals surface area contributed by atoms with Crippen molar-refractivity contribution in [1.82, 2.24) is 9.78 Å². The molecule has 6 heteroatoms. The Morgan fingerprint density at radius 3 is 2.00 bits per heavy atom. The van der Waals surface area contributed by atoms with Crippen LogP contribution >= 0.6 is 0 Å². The Morgan fingerprint density at radius 1 is 0.913 bits per heavy atom. The van der Waals surface area contributed by atoms with Crippen LogP contribution in [0.5, 0.6) is 0 Å². The maximum Gasteiger partial charge on any atom is 0.435 e. The molecule has 0 unspecified atom stereocenters. The van der Waals surface area contributed by atoms with Gasteiger partial charge in [0.1, 0.15) is 6.07 Å². The highest BCUT2D eigenvalue weighted by Gasteiger charge is 2.40. The summed E-state index contributed by atoms with van der Waals surface area (Å²) in [6.07, 6.45) is -4.66. The van der Waals surface area contributed by atoms with E-state index in [9.17, 15) is 18.4 Å². The highest BCUT2D eigenvalue weighted by molar-refractivity contribution is 5.73. The molecule has 1 aromatic heterocycles. The predicted octanol–water partition coefficient (Wildman–Crippen LogP) is 4.43. The molecule has 0 aliphatic carbocycles. The molecule has 0 saturated heterocycles. The first kappa shape index (κ1) is 14.9. The van der Waals surface area contributed by atoms with Gasteiger partial charge in [0.05, 0.1) is 11.3 Å². The molecule has 3 nitrogen and oxygen atoms in total. The normalized spacial score (nSPS) is 11.2. The highest BCUT2D eigenvalue weighted by Crippen LogP contribution is 2.39. The average molecular weight is 313 g/mol. The van der Waals surface area contributed by atoms with Gasteiger partial charge in [0, 0.05) is 0 Å². The van der Waals surface area contributed by atoms with Crippen molar-refractivity contribution in [1.29, 1.82) is 5.26 Å². The number of aromatic nitrogens is 2. The molecule has 0 saturated carbocycles. The molecule has 0 aliphatic rings. The third-order valence-electron chi connectivity index (χ3n) is 3.32. The second kappa shape index (κ2) is 5.61. The summed E-state index contributed by atoms with van der Waals surface area (Å²) >= 11 is 0. The van der Waals surface area contributed by atoms with Crippen LogP contribution in [0.2, 0.25) is 0 Å². The van der Waals surface area contributed by atoms with Crippen LogP contribution in [0.3, 0.4) is 0 Å². The zero-order valence-electron chi connectivity index (χ0n) is 11.7. The smallest absolute Gasteiger partial charge is 0.222 e. The maximum absolute atomic E-state index is 13.4. The molecule has 114 valence electrons. The van der Waals surface area contributed by atoms with Crippen molar-refractivity contribution >= 4 is 0 Å². The fourth-order valence-electron chi connectivity index (χ4n) is 2.35. The fraction of sp³-hybridized carbons (Fsp3) is 0.0588. The lowest BCUT2D eigenvalue weighted by Gasteiger charge is -2.06. The average Bonchev–Trinajstić information content (AvgIpc) is 2.96. The van der Waals surface area contributed by atoms with E-state index in [2.05, 4.69) is 5.10 Å². The topological polar surface area (TPSA) is 41.6 Å². The molecule has 0 atom stereocenters. The molecule has 2 aromatic carbocycles. The summed E-state index contributed by atoms with van der Waals surface area (Å²) < 4.78 is 41.2. The van der Waals surface area contributed by atoms with Crippen molar-refractivity contribution in [2.75, 3.05) is 0 Å². The summed E-state index contributed by atoms with van der Waals surface area (Å²) in [5, 5.41) is 13.1. The Labute approximate surface area is 130 Å². The number of nitriles is 1. The van der Waals surface area contributed by atoms with Crippen LogP contribution in [-0.4, -0.2) is 9.78 Å². The van der Waals surface area contributed by atoms with Crippen molar-refractivity contribution in [3.05, 3.63) is 72.1 Å². The van der Waals surface area contributed by atoms with Gasteiger partial charge in [-0.1, -0.05) is 48.5 Å². The number of nitrogens with zero attached hydrogens (tertiary/aromatic N) is 3. The second-order valence-corrected chi connectivity index (χ2v) is 4.80. The van der Waals surface area contributed by atoms with Gasteiger partial charge in [-0.05, 0) is 17.7 Å². The molecule has 3 aromatic rings. The molecule has 0 amide bonds. The Bertz CT molecular complexity index is 860. The Hall–Kier alpha value is -3.07. The van der Waals surface area contributed by atoms with E-state index in [4.69, 9.17) is 0 Å². The summed E-state index contributed by atoms with van der Waals surface area (Å²) in [7, 11) is 0. The zero-order chi connectivity index (χ0) is 16.4. The van der Waals surface area contributed by atoms with Crippen LogP contribution in [0.15, 0.2) is 60.7 Å². The van der Waals surface area contributed by atoms with E-state index in [0.29, 0.717) is 11.3 Å². The number of benzene rings is 2. The molecular formula is C17H10F3N3. The van der Waals surface area contributed by atoms with E-state index in [1.165, 1.54) is 12.1 Å². The summed E-state index contributed by atoms with van der Waals surface area (Å²) in [4.78, 5) is 0. The van der Waals surface area contributed by atoms with Crippen LogP contribution in [0.25, 0.3) is 16.8 Å². The molecule has 0 spiro atoms. The molecule has 1 heterocycles. The molecule has 0 N–H and O–H groups in total. The summed E-state index contributed by atoms with van der Waals surface area (Å²) in [5.74, 6) is 0. The van der Waals surface area contributed by atoms with Crippen LogP contribution < -0.4 is 0 Å². The minimum Gasteiger partial charge on any atom is -0.222 e. The SMILES string of the molecule is N#Cc1c(-c2ccccc2)c(C(F)(F)F)nn1-c1ccccc1. The van der Waals surface area contributed by atoms with Gasteiger partial charge >= 0.3 is 6.18 Å². The summed E-state index contributed by atoms with van der Waals surface area (Å²) in [6.45, 7) is 0. The van der Waals surface area contributed by atoms with Gasteiger partial charge in [-0.25, -0.2) is 4.68 Å². The zero-order valence-corrected chi connectivity index (χ0v) is 11.7. The maximum atomic E-state index is 13.4. The standard InChI is InChI=1S/C17H10F3N3/c18-17(19,20)16-15(12-7-3-1-4-8-12)14(11-21)23(22-16)13-9-5-2-6-10-13/h1-10H. The minimum atomic E-state index is -4.66. The van der Waals surface area contributed by atoms with Crippen molar-refractivity contribution in [2.45, 2.75) is 6.18 Å². The van der Waals surface area contributed by atoms with Gasteiger partial charge in [-0.15, -0.1) is 0 Å². The van der Waals surface area contributed by atoms with Gasteiger partial charge in [0.15, 0.2) is 11.4 Å². The minimum absolute atomic E-state index is 0.144. The highest BCUT2D eigenvalue weighted by atomic mass is 19.4. The molecule has 0 fully saturated rings. The van der Waals surface area contributed by atoms with E-state index in [-0.39, 0.29) is 11.3 Å². The van der Waals surface area contributed by atoms with Crippen molar-refractivity contribution < 1.29 is 13.2 Å². The number of alkyl halides is 3. The Balaban J connectivity index is 2.34. The number of halogens is 3. The van der Waals surface area contributed by atoms with Crippen molar-refractivity contribution in [3.8, 4) is 22.9 Å². The second-order valence-electron chi connectivity index (χ2n) is 4.80. The molecule has 0 radical (unpaired) electrons. The summed E-state index contributed by atoms with van der Waals surface area (Å²) in [6, 6.07) is 18.1. The third-order valence-corrected chi connectivity index (χ3v) is 3.32. The third kappa shape index (κ3) is 2.69. The van der Waals surface area contributed by atoms with Crippen LogP contribution in [-0.2, 0) is 6.18 Å². The molecule has 0 aliphatic heterocycles. The largest absolute Gasteiger partial charge is 0.435 e. The monoisotopic (exact) mass is 313 g/mol. The van der Waals surface area contributed by atoms with E-state index in [0.717, 1.165) is 4.68 Å². The van der Waals surface area contributed by atoms with Crippen molar-refractivity contribution in [2.24, 2.45) is 0 Å². The lowest BCUT2D eigenvalue weighted by atomic mass is 10.0. The first-order valence-corrected chi connectivity index (χ1v) is 6.73. The number of rotatable bonds is 2. The Morgan fingerprint density at radius 2 is 1.48 bits per heavy atom. The van der Waals surface area contributed by atoms with E-state index >= 15 is 0 Å². The summed E-state index contributed by atoms with van der Waals surface area (Å²) in [5.41, 5.74) is -0.710.